The third-order valence-electron chi connectivity index (χ3n) is 3.32. The zero-order valence-electron chi connectivity index (χ0n) is 12.9. The molecule has 3 heteroatoms. The first kappa shape index (κ1) is 15.9. The molecule has 3 nitrogen and oxygen atoms in total. The van der Waals surface area contributed by atoms with Crippen LogP contribution in [0.2, 0.25) is 0 Å². The molecule has 0 saturated heterocycles. The van der Waals surface area contributed by atoms with Gasteiger partial charge in [-0.3, -0.25) is 9.79 Å². The molecule has 0 aromatic carbocycles. The number of aliphatic hydroxyl groups excluding tert-OH is 1. The van der Waals surface area contributed by atoms with Crippen molar-refractivity contribution < 1.29 is 9.90 Å². The maximum Gasteiger partial charge on any atom is 0.168 e. The van der Waals surface area contributed by atoms with E-state index < -0.39 is 0 Å². The summed E-state index contributed by atoms with van der Waals surface area (Å²) in [6, 6.07) is 0.144. The lowest BCUT2D eigenvalue weighted by Crippen LogP contribution is -2.33. The van der Waals surface area contributed by atoms with Crippen LogP contribution in [-0.4, -0.2) is 22.6 Å². The van der Waals surface area contributed by atoms with E-state index in [-0.39, 0.29) is 23.0 Å². The highest BCUT2D eigenvalue weighted by Crippen LogP contribution is 2.36. The van der Waals surface area contributed by atoms with Gasteiger partial charge in [0.15, 0.2) is 5.78 Å². The molecular formula is C16H27NO2. The van der Waals surface area contributed by atoms with Gasteiger partial charge in [-0.25, -0.2) is 0 Å². The number of hydrogen-bond donors (Lipinski definition) is 1. The number of rotatable bonds is 4. The molecule has 0 heterocycles. The molecule has 0 spiro atoms. The summed E-state index contributed by atoms with van der Waals surface area (Å²) < 4.78 is 0. The van der Waals surface area contributed by atoms with Crippen molar-refractivity contribution in [2.45, 2.75) is 72.8 Å². The van der Waals surface area contributed by atoms with E-state index in [4.69, 9.17) is 0 Å². The number of unbranched alkanes of at least 4 members (excludes halogenated alkanes) is 1. The summed E-state index contributed by atoms with van der Waals surface area (Å²) >= 11 is 0. The highest BCUT2D eigenvalue weighted by Gasteiger charge is 2.36. The Labute approximate surface area is 116 Å². The molecule has 1 aliphatic carbocycles. The molecule has 0 atom stereocenters. The quantitative estimate of drug-likeness (QED) is 0.611. The van der Waals surface area contributed by atoms with E-state index in [9.17, 15) is 9.90 Å². The molecule has 0 amide bonds. The molecule has 0 radical (unpaired) electrons. The van der Waals surface area contributed by atoms with Crippen LogP contribution in [0.15, 0.2) is 16.3 Å². The van der Waals surface area contributed by atoms with Crippen molar-refractivity contribution in [3.05, 3.63) is 11.3 Å². The summed E-state index contributed by atoms with van der Waals surface area (Å²) in [5.74, 6) is 0.283. The second kappa shape index (κ2) is 6.36. The maximum atomic E-state index is 12.3. The van der Waals surface area contributed by atoms with Crippen molar-refractivity contribution in [2.75, 3.05) is 0 Å². The fraction of sp³-hybridized carbons (Fsp3) is 0.750. The molecule has 19 heavy (non-hydrogen) atoms. The molecule has 0 unspecified atom stereocenters. The Hall–Kier alpha value is -1.12. The van der Waals surface area contributed by atoms with Gasteiger partial charge < -0.3 is 5.11 Å². The first-order chi connectivity index (χ1) is 8.76. The van der Waals surface area contributed by atoms with Crippen LogP contribution in [0.1, 0.15) is 66.7 Å². The zero-order chi connectivity index (χ0) is 14.6. The number of Topliss-reactive ketones (excluding diaryl/α,β-unsaturated/α-hetero) is 1. The third-order valence-corrected chi connectivity index (χ3v) is 3.32. The predicted octanol–water partition coefficient (Wildman–Crippen LogP) is 4.23. The second-order valence-electron chi connectivity index (χ2n) is 6.54. The fourth-order valence-corrected chi connectivity index (χ4v) is 2.51. The number of carbonyl (C=O) groups excluding carboxylic acids is 1. The van der Waals surface area contributed by atoms with Gasteiger partial charge in [-0.1, -0.05) is 27.2 Å². The van der Waals surface area contributed by atoms with Gasteiger partial charge in [0, 0.05) is 24.6 Å². The lowest BCUT2D eigenvalue weighted by atomic mass is 9.73. The van der Waals surface area contributed by atoms with Crippen LogP contribution in [0, 0.1) is 5.41 Å². The summed E-state index contributed by atoms with van der Waals surface area (Å²) in [6.07, 6.45) is 3.75. The Morgan fingerprint density at radius 3 is 2.53 bits per heavy atom. The Morgan fingerprint density at radius 2 is 2.00 bits per heavy atom. The molecule has 1 rings (SSSR count). The van der Waals surface area contributed by atoms with Gasteiger partial charge >= 0.3 is 0 Å². The number of aliphatic hydroxyl groups is 1. The molecule has 108 valence electrons. The molecule has 1 N–H and O–H groups in total. The van der Waals surface area contributed by atoms with E-state index >= 15 is 0 Å². The van der Waals surface area contributed by atoms with Gasteiger partial charge in [0.05, 0.1) is 5.57 Å². The van der Waals surface area contributed by atoms with Crippen molar-refractivity contribution in [3.63, 3.8) is 0 Å². The van der Waals surface area contributed by atoms with E-state index in [1.807, 2.05) is 13.8 Å². The SMILES string of the molecule is CCCC/C(O)=C1/C(=O)CC(C)(C)CC1=NC(C)C. The lowest BCUT2D eigenvalue weighted by Gasteiger charge is -2.31. The fourth-order valence-electron chi connectivity index (χ4n) is 2.51. The van der Waals surface area contributed by atoms with Gasteiger partial charge in [0.1, 0.15) is 5.76 Å². The summed E-state index contributed by atoms with van der Waals surface area (Å²) in [5, 5.41) is 10.2. The van der Waals surface area contributed by atoms with Crippen LogP contribution < -0.4 is 0 Å². The Kier molecular flexibility index (Phi) is 5.33. The molecule has 0 aromatic heterocycles. The highest BCUT2D eigenvalue weighted by molar-refractivity contribution is 6.24. The normalized spacial score (nSPS) is 24.1. The minimum absolute atomic E-state index is 0.0456. The lowest BCUT2D eigenvalue weighted by molar-refractivity contribution is -0.117. The largest absolute Gasteiger partial charge is 0.511 e. The average molecular weight is 265 g/mol. The van der Waals surface area contributed by atoms with Gasteiger partial charge in [-0.15, -0.1) is 0 Å². The van der Waals surface area contributed by atoms with E-state index in [0.29, 0.717) is 18.4 Å². The van der Waals surface area contributed by atoms with Crippen LogP contribution in [0.4, 0.5) is 0 Å². The van der Waals surface area contributed by atoms with Gasteiger partial charge in [-0.05, 0) is 32.1 Å². The number of hydrogen-bond acceptors (Lipinski definition) is 3. The monoisotopic (exact) mass is 265 g/mol. The van der Waals surface area contributed by atoms with Crippen molar-refractivity contribution in [1.29, 1.82) is 0 Å². The summed E-state index contributed by atoms with van der Waals surface area (Å²) in [5.41, 5.74) is 1.24. The number of nitrogens with zero attached hydrogens (tertiary/aromatic N) is 1. The molecule has 0 aromatic rings. The van der Waals surface area contributed by atoms with E-state index in [1.54, 1.807) is 0 Å². The van der Waals surface area contributed by atoms with Crippen molar-refractivity contribution in [1.82, 2.24) is 0 Å². The minimum Gasteiger partial charge on any atom is -0.511 e. The van der Waals surface area contributed by atoms with Crippen LogP contribution in [-0.2, 0) is 4.79 Å². The van der Waals surface area contributed by atoms with Crippen molar-refractivity contribution in [2.24, 2.45) is 10.4 Å². The van der Waals surface area contributed by atoms with Crippen LogP contribution >= 0.6 is 0 Å². The van der Waals surface area contributed by atoms with E-state index in [2.05, 4.69) is 25.8 Å². The van der Waals surface area contributed by atoms with Crippen LogP contribution in [0.3, 0.4) is 0 Å². The summed E-state index contributed by atoms with van der Waals surface area (Å²) in [7, 11) is 0. The maximum absolute atomic E-state index is 12.3. The molecule has 0 bridgehead atoms. The molecular weight excluding hydrogens is 238 g/mol. The zero-order valence-corrected chi connectivity index (χ0v) is 12.9. The predicted molar refractivity (Wildman–Crippen MR) is 79.8 cm³/mol. The summed E-state index contributed by atoms with van der Waals surface area (Å²) in [6.45, 7) is 10.2. The van der Waals surface area contributed by atoms with Crippen LogP contribution in [0.25, 0.3) is 0 Å². The first-order valence-electron chi connectivity index (χ1n) is 7.29. The van der Waals surface area contributed by atoms with Crippen LogP contribution in [0.5, 0.6) is 0 Å². The highest BCUT2D eigenvalue weighted by atomic mass is 16.3. The minimum atomic E-state index is -0.0562. The van der Waals surface area contributed by atoms with E-state index in [0.717, 1.165) is 25.0 Å². The third kappa shape index (κ3) is 4.48. The van der Waals surface area contributed by atoms with Gasteiger partial charge in [0.25, 0.3) is 0 Å². The van der Waals surface area contributed by atoms with Gasteiger partial charge in [-0.2, -0.15) is 0 Å². The number of aliphatic imine (C=N–C) groups is 1. The Bertz CT molecular complexity index is 403. The van der Waals surface area contributed by atoms with Gasteiger partial charge in [0.2, 0.25) is 0 Å². The average Bonchev–Trinajstić information content (AvgIpc) is 2.22. The van der Waals surface area contributed by atoms with Crippen molar-refractivity contribution in [3.8, 4) is 0 Å². The topological polar surface area (TPSA) is 49.7 Å². The smallest absolute Gasteiger partial charge is 0.168 e. The standard InChI is InChI=1S/C16H27NO2/c1-6-7-8-13(18)15-12(17-11(2)3)9-16(4,5)10-14(15)19/h11,18H,6-10H2,1-5H3/b15-13-,17-12?. The Morgan fingerprint density at radius 1 is 1.37 bits per heavy atom. The van der Waals surface area contributed by atoms with E-state index in [1.165, 1.54) is 0 Å². The number of allylic oxidation sites excluding steroid dienone is 2. The number of carbonyl (C=O) groups is 1. The molecule has 0 aliphatic heterocycles. The number of ketones is 1. The Balaban J connectivity index is 3.14. The molecule has 1 fully saturated rings. The molecule has 1 aliphatic rings. The first-order valence-corrected chi connectivity index (χ1v) is 7.29. The molecule has 1 saturated carbocycles. The summed E-state index contributed by atoms with van der Waals surface area (Å²) in [4.78, 5) is 16.9. The van der Waals surface area contributed by atoms with Crippen molar-refractivity contribution >= 4 is 11.5 Å². The second-order valence-corrected chi connectivity index (χ2v) is 6.54.